The molecule has 0 aliphatic heterocycles. The molecule has 0 spiro atoms. The van der Waals surface area contributed by atoms with Gasteiger partial charge in [0.05, 0.1) is 10.2 Å². The molecule has 0 aliphatic carbocycles. The topological polar surface area (TPSA) is 98.0 Å². The number of carbonyl (C=O) groups is 1. The van der Waals surface area contributed by atoms with E-state index in [1.807, 2.05) is 20.8 Å². The fourth-order valence-corrected chi connectivity index (χ4v) is 2.81. The van der Waals surface area contributed by atoms with Gasteiger partial charge in [-0.15, -0.1) is 0 Å². The Hall–Kier alpha value is -2.48. The molecule has 0 aliphatic rings. The summed E-state index contributed by atoms with van der Waals surface area (Å²) in [4.78, 5) is 31.3. The number of nitrogens with zero attached hydrogens (tertiary/aromatic N) is 3. The summed E-state index contributed by atoms with van der Waals surface area (Å²) in [6, 6.07) is 5.84. The summed E-state index contributed by atoms with van der Waals surface area (Å²) in [5.41, 5.74) is 3.13. The summed E-state index contributed by atoms with van der Waals surface area (Å²) in [6.45, 7) is 7.51. The van der Waals surface area contributed by atoms with E-state index in [1.54, 1.807) is 13.0 Å². The summed E-state index contributed by atoms with van der Waals surface area (Å²) in [5.74, 6) is -0.264. The van der Waals surface area contributed by atoms with Crippen molar-refractivity contribution >= 4 is 29.0 Å². The number of aryl methyl sites for hydroxylation is 2. The van der Waals surface area contributed by atoms with Gasteiger partial charge in [0.15, 0.2) is 5.16 Å². The second kappa shape index (κ2) is 7.39. The van der Waals surface area contributed by atoms with Gasteiger partial charge in [-0.3, -0.25) is 14.9 Å². The van der Waals surface area contributed by atoms with Crippen LogP contribution in [0.3, 0.4) is 0 Å². The van der Waals surface area contributed by atoms with Crippen molar-refractivity contribution < 1.29 is 9.72 Å². The van der Waals surface area contributed by atoms with Crippen molar-refractivity contribution in [3.63, 3.8) is 0 Å². The average molecular weight is 346 g/mol. The van der Waals surface area contributed by atoms with Gasteiger partial charge in [-0.05, 0) is 39.3 Å². The monoisotopic (exact) mass is 346 g/mol. The number of hydrogen-bond acceptors (Lipinski definition) is 6. The zero-order chi connectivity index (χ0) is 17.9. The third-order valence-electron chi connectivity index (χ3n) is 3.59. The summed E-state index contributed by atoms with van der Waals surface area (Å²) < 4.78 is 0. The summed E-state index contributed by atoms with van der Waals surface area (Å²) in [5, 5.41) is 13.6. The van der Waals surface area contributed by atoms with E-state index in [0.717, 1.165) is 17.0 Å². The number of non-ortho nitro benzene ring substituents is 1. The van der Waals surface area contributed by atoms with Crippen LogP contribution in [0.2, 0.25) is 0 Å². The van der Waals surface area contributed by atoms with Crippen LogP contribution in [0.25, 0.3) is 0 Å². The Morgan fingerprint density at radius 2 is 1.88 bits per heavy atom. The Balaban J connectivity index is 2.07. The van der Waals surface area contributed by atoms with Crippen molar-refractivity contribution in [1.29, 1.82) is 0 Å². The molecule has 24 heavy (non-hydrogen) atoms. The van der Waals surface area contributed by atoms with Gasteiger partial charge in [-0.2, -0.15) is 0 Å². The molecule has 0 radical (unpaired) electrons. The maximum atomic E-state index is 12.3. The first kappa shape index (κ1) is 17.9. The van der Waals surface area contributed by atoms with Crippen LogP contribution < -0.4 is 5.32 Å². The van der Waals surface area contributed by atoms with Gasteiger partial charge in [0.25, 0.3) is 5.69 Å². The average Bonchev–Trinajstić information content (AvgIpc) is 2.52. The van der Waals surface area contributed by atoms with Crippen LogP contribution in [0, 0.1) is 30.9 Å². The Morgan fingerprint density at radius 1 is 1.25 bits per heavy atom. The number of aromatic nitrogens is 2. The van der Waals surface area contributed by atoms with Crippen LogP contribution in [-0.4, -0.2) is 26.0 Å². The molecule has 1 amide bonds. The van der Waals surface area contributed by atoms with Gasteiger partial charge in [-0.25, -0.2) is 9.97 Å². The number of amides is 1. The van der Waals surface area contributed by atoms with E-state index in [2.05, 4.69) is 15.3 Å². The van der Waals surface area contributed by atoms with Crippen LogP contribution in [0.1, 0.15) is 23.9 Å². The Morgan fingerprint density at radius 3 is 2.46 bits per heavy atom. The normalized spacial score (nSPS) is 11.8. The summed E-state index contributed by atoms with van der Waals surface area (Å²) in [7, 11) is 0. The minimum atomic E-state index is -0.500. The minimum absolute atomic E-state index is 0.0683. The van der Waals surface area contributed by atoms with Crippen molar-refractivity contribution in [2.75, 3.05) is 5.32 Å². The van der Waals surface area contributed by atoms with Crippen molar-refractivity contribution in [3.05, 3.63) is 51.3 Å². The number of nitro benzene ring substituents is 1. The molecule has 7 nitrogen and oxygen atoms in total. The molecule has 1 N–H and O–H groups in total. The third-order valence-corrected chi connectivity index (χ3v) is 4.55. The van der Waals surface area contributed by atoms with Crippen molar-refractivity contribution in [1.82, 2.24) is 9.97 Å². The quantitative estimate of drug-likeness (QED) is 0.385. The highest BCUT2D eigenvalue weighted by Crippen LogP contribution is 2.23. The van der Waals surface area contributed by atoms with Crippen LogP contribution in [0.15, 0.2) is 29.4 Å². The molecule has 0 unspecified atom stereocenters. The molecule has 0 bridgehead atoms. The largest absolute Gasteiger partial charge is 0.325 e. The highest BCUT2D eigenvalue weighted by Gasteiger charge is 2.18. The second-order valence-electron chi connectivity index (χ2n) is 5.36. The van der Waals surface area contributed by atoms with E-state index in [4.69, 9.17) is 0 Å². The molecule has 0 saturated carbocycles. The summed E-state index contributed by atoms with van der Waals surface area (Å²) in [6.07, 6.45) is 0. The van der Waals surface area contributed by atoms with Gasteiger partial charge >= 0.3 is 0 Å². The lowest BCUT2D eigenvalue weighted by Gasteiger charge is -2.12. The molecule has 126 valence electrons. The highest BCUT2D eigenvalue weighted by molar-refractivity contribution is 8.00. The lowest BCUT2D eigenvalue weighted by molar-refractivity contribution is -0.384. The fraction of sp³-hybridized carbons (Fsp3) is 0.312. The predicted molar refractivity (Wildman–Crippen MR) is 93.3 cm³/mol. The van der Waals surface area contributed by atoms with Gasteiger partial charge in [0, 0.05) is 29.2 Å². The van der Waals surface area contributed by atoms with E-state index in [0.29, 0.717) is 10.8 Å². The van der Waals surface area contributed by atoms with Crippen LogP contribution in [0.4, 0.5) is 11.4 Å². The molecule has 1 aromatic heterocycles. The second-order valence-corrected chi connectivity index (χ2v) is 6.67. The smallest absolute Gasteiger partial charge is 0.271 e. The number of rotatable bonds is 5. The van der Waals surface area contributed by atoms with Crippen LogP contribution in [0.5, 0.6) is 0 Å². The number of nitro groups is 1. The molecule has 2 rings (SSSR count). The zero-order valence-corrected chi connectivity index (χ0v) is 14.7. The first-order valence-corrected chi connectivity index (χ1v) is 8.19. The number of thioether (sulfide) groups is 1. The van der Waals surface area contributed by atoms with E-state index in [1.165, 1.54) is 30.0 Å². The van der Waals surface area contributed by atoms with Crippen molar-refractivity contribution in [2.24, 2.45) is 0 Å². The van der Waals surface area contributed by atoms with Crippen molar-refractivity contribution in [2.45, 2.75) is 38.1 Å². The molecular formula is C16H18N4O3S. The Labute approximate surface area is 144 Å². The first-order chi connectivity index (χ1) is 11.3. The van der Waals surface area contributed by atoms with Crippen molar-refractivity contribution in [3.8, 4) is 0 Å². The Kier molecular flexibility index (Phi) is 5.50. The maximum absolute atomic E-state index is 12.3. The minimum Gasteiger partial charge on any atom is -0.325 e. The van der Waals surface area contributed by atoms with Gasteiger partial charge in [-0.1, -0.05) is 17.8 Å². The molecule has 0 fully saturated rings. The molecular weight excluding hydrogens is 328 g/mol. The van der Waals surface area contributed by atoms with Gasteiger partial charge in [0.2, 0.25) is 5.91 Å². The molecule has 8 heteroatoms. The lowest BCUT2D eigenvalue weighted by Crippen LogP contribution is -2.22. The fourth-order valence-electron chi connectivity index (χ4n) is 1.95. The number of hydrogen-bond donors (Lipinski definition) is 1. The van der Waals surface area contributed by atoms with E-state index >= 15 is 0 Å². The first-order valence-electron chi connectivity index (χ1n) is 7.31. The summed E-state index contributed by atoms with van der Waals surface area (Å²) >= 11 is 1.25. The standard InChI is InChI=1S/C16H18N4O3S/c1-9-10(2)17-16(18-11(9)3)24-12(4)15(21)19-13-6-5-7-14(8-13)20(22)23/h5-8,12H,1-4H3,(H,19,21)/t12-/m1/s1. The SMILES string of the molecule is Cc1nc(S[C@H](C)C(=O)Nc2cccc([N+](=O)[O-])c2)nc(C)c1C. The van der Waals surface area contributed by atoms with Gasteiger partial charge < -0.3 is 5.32 Å². The highest BCUT2D eigenvalue weighted by atomic mass is 32.2. The van der Waals surface area contributed by atoms with E-state index in [-0.39, 0.29) is 11.6 Å². The number of anilines is 1. The van der Waals surface area contributed by atoms with E-state index < -0.39 is 10.2 Å². The molecule has 1 heterocycles. The third kappa shape index (κ3) is 4.29. The zero-order valence-electron chi connectivity index (χ0n) is 13.9. The number of carbonyl (C=O) groups excluding carboxylic acids is 1. The van der Waals surface area contributed by atoms with Crippen LogP contribution in [-0.2, 0) is 4.79 Å². The number of nitrogens with one attached hydrogen (secondary N) is 1. The molecule has 1 aromatic carbocycles. The van der Waals surface area contributed by atoms with Gasteiger partial charge in [0.1, 0.15) is 0 Å². The predicted octanol–water partition coefficient (Wildman–Crippen LogP) is 3.43. The maximum Gasteiger partial charge on any atom is 0.271 e. The van der Waals surface area contributed by atoms with Crippen LogP contribution >= 0.6 is 11.8 Å². The number of benzene rings is 1. The molecule has 0 saturated heterocycles. The lowest BCUT2D eigenvalue weighted by atomic mass is 10.2. The van der Waals surface area contributed by atoms with E-state index in [9.17, 15) is 14.9 Å². The molecule has 1 atom stereocenters. The molecule has 2 aromatic rings. The Bertz CT molecular complexity index is 772.